The molecule has 0 heterocycles. The molecule has 0 saturated heterocycles. The summed E-state index contributed by atoms with van der Waals surface area (Å²) in [5.41, 5.74) is 0. The molecule has 0 aliphatic heterocycles. The zero-order valence-corrected chi connectivity index (χ0v) is 17.5. The average molecular weight is 520 g/mol. The Labute approximate surface area is 141 Å². The molecule has 0 aromatic carbocycles. The topological polar surface area (TPSA) is 0 Å². The summed E-state index contributed by atoms with van der Waals surface area (Å²) < 4.78 is 39.0. The van der Waals surface area contributed by atoms with E-state index in [0.717, 1.165) is 0 Å². The summed E-state index contributed by atoms with van der Waals surface area (Å²) in [5.74, 6) is 0. The Bertz CT molecular complexity index is 137. The van der Waals surface area contributed by atoms with Gasteiger partial charge in [-0.2, -0.15) is 0 Å². The largest absolute Gasteiger partial charge is 1.00 e. The molecule has 0 radical (unpaired) electrons. The van der Waals surface area contributed by atoms with Gasteiger partial charge in [-0.25, -0.2) is 0 Å². The molecule has 0 amide bonds. The first-order chi connectivity index (χ1) is 8.69. The van der Waals surface area contributed by atoms with E-state index in [2.05, 4.69) is 41.5 Å². The summed E-state index contributed by atoms with van der Waals surface area (Å²) in [6.45, 7) is 13.7. The Hall–Kier alpha value is 1.39. The van der Waals surface area contributed by atoms with Crippen LogP contribution in [-0.2, 0) is 22.4 Å². The second-order valence-corrected chi connectivity index (χ2v) is 10.2. The fourth-order valence-electron chi connectivity index (χ4n) is 1.34. The van der Waals surface area contributed by atoms with Crippen LogP contribution in [0.3, 0.4) is 0 Å². The number of halogens is 4. The van der Waals surface area contributed by atoms with Crippen molar-refractivity contribution in [3.8, 4) is 0 Å². The normalized spacial score (nSPS) is 10.2. The third-order valence-corrected chi connectivity index (χ3v) is 8.05. The van der Waals surface area contributed by atoms with Crippen molar-refractivity contribution in [1.82, 2.24) is 0 Å². The Morgan fingerprint density at radius 3 is 0.650 bits per heavy atom. The Morgan fingerprint density at radius 2 is 0.650 bits per heavy atom. The van der Waals surface area contributed by atoms with Crippen molar-refractivity contribution in [3.63, 3.8) is 0 Å². The smallest absolute Gasteiger partial charge is 0.418 e. The van der Waals surface area contributed by atoms with E-state index < -0.39 is 7.25 Å². The molecule has 0 fully saturated rings. The van der Waals surface area contributed by atoms with Crippen molar-refractivity contribution in [2.45, 2.75) is 41.5 Å². The van der Waals surface area contributed by atoms with Crippen molar-refractivity contribution in [2.75, 3.05) is 37.0 Å². The Balaban J connectivity index is -0.0000000952. The predicted molar refractivity (Wildman–Crippen MR) is 87.3 cm³/mol. The van der Waals surface area contributed by atoms with Crippen LogP contribution in [0.1, 0.15) is 41.5 Å². The maximum atomic E-state index is 9.75. The van der Waals surface area contributed by atoms with Gasteiger partial charge in [0.15, 0.2) is 0 Å². The molecule has 0 atom stereocenters. The van der Waals surface area contributed by atoms with Gasteiger partial charge < -0.3 is 17.3 Å². The first-order valence-corrected chi connectivity index (χ1v) is 10.8. The van der Waals surface area contributed by atoms with Gasteiger partial charge in [0.2, 0.25) is 0 Å². The average Bonchev–Trinajstić information content (AvgIpc) is 2.32. The maximum absolute atomic E-state index is 9.75. The molecule has 130 valence electrons. The molecule has 0 N–H and O–H groups in total. The van der Waals surface area contributed by atoms with E-state index >= 15 is 0 Å². The molecule has 0 unspecified atom stereocenters. The van der Waals surface area contributed by atoms with E-state index in [-0.39, 0.29) is 22.4 Å². The van der Waals surface area contributed by atoms with E-state index in [1.165, 1.54) is 37.0 Å². The Morgan fingerprint density at radius 1 is 0.550 bits per heavy atom. The SMILES string of the molecule is CCP(CC)CC.CCP(CC)CC.F[B-](F)(F)F.[Au+]. The number of hydrogen-bond acceptors (Lipinski definition) is 0. The molecular weight excluding hydrogens is 490 g/mol. The Kier molecular flexibility index (Phi) is 30.0. The van der Waals surface area contributed by atoms with Gasteiger partial charge in [-0.05, 0) is 37.0 Å². The second-order valence-electron chi connectivity index (χ2n) is 3.73. The minimum absolute atomic E-state index is 0. The summed E-state index contributed by atoms with van der Waals surface area (Å²) in [6, 6.07) is 0. The molecule has 0 aliphatic carbocycles. The summed E-state index contributed by atoms with van der Waals surface area (Å²) >= 11 is 0. The molecule has 0 aromatic heterocycles. The third kappa shape index (κ3) is 36.6. The van der Waals surface area contributed by atoms with Crippen LogP contribution < -0.4 is 0 Å². The van der Waals surface area contributed by atoms with Crippen LogP contribution in [-0.4, -0.2) is 44.2 Å². The zero-order valence-electron chi connectivity index (χ0n) is 13.5. The minimum Gasteiger partial charge on any atom is -0.418 e. The van der Waals surface area contributed by atoms with Crippen LogP contribution in [0.4, 0.5) is 17.3 Å². The monoisotopic (exact) mass is 520 g/mol. The fraction of sp³-hybridized carbons (Fsp3) is 1.00. The molecule has 0 rings (SSSR count). The van der Waals surface area contributed by atoms with E-state index in [4.69, 9.17) is 0 Å². The van der Waals surface area contributed by atoms with Gasteiger partial charge in [0.1, 0.15) is 0 Å². The van der Waals surface area contributed by atoms with Crippen LogP contribution in [0.25, 0.3) is 0 Å². The molecule has 0 aliphatic rings. The fourth-order valence-corrected chi connectivity index (χ4v) is 4.02. The van der Waals surface area contributed by atoms with Gasteiger partial charge >= 0.3 is 29.6 Å². The van der Waals surface area contributed by atoms with Crippen LogP contribution in [0.2, 0.25) is 0 Å². The number of hydrogen-bond donors (Lipinski definition) is 0. The standard InChI is InChI=1S/2C6H15P.Au.BF4/c2*1-4-7(5-2)6-3;;2-1(3,4)5/h2*4-6H2,1-3H3;;/q;;+1;-1. The minimum atomic E-state index is -6.00. The van der Waals surface area contributed by atoms with Crippen molar-refractivity contribution in [3.05, 3.63) is 0 Å². The van der Waals surface area contributed by atoms with Gasteiger partial charge in [-0.15, -0.1) is 15.8 Å². The zero-order chi connectivity index (χ0) is 15.9. The van der Waals surface area contributed by atoms with Gasteiger partial charge in [0, 0.05) is 0 Å². The van der Waals surface area contributed by atoms with Crippen molar-refractivity contribution >= 4 is 23.1 Å². The quantitative estimate of drug-likeness (QED) is 0.218. The first-order valence-electron chi connectivity index (χ1n) is 7.01. The maximum Gasteiger partial charge on any atom is 1.00 e. The van der Waals surface area contributed by atoms with Crippen LogP contribution in [0.15, 0.2) is 0 Å². The molecule has 0 nitrogen and oxygen atoms in total. The van der Waals surface area contributed by atoms with Gasteiger partial charge in [-0.1, -0.05) is 41.5 Å². The van der Waals surface area contributed by atoms with Gasteiger partial charge in [-0.3, -0.25) is 0 Å². The molecule has 20 heavy (non-hydrogen) atoms. The predicted octanol–water partition coefficient (Wildman–Crippen LogP) is 6.35. The summed E-state index contributed by atoms with van der Waals surface area (Å²) in [7, 11) is -5.11. The van der Waals surface area contributed by atoms with Crippen molar-refractivity contribution in [2.24, 2.45) is 0 Å². The molecule has 0 aromatic rings. The molecule has 0 saturated carbocycles. The summed E-state index contributed by atoms with van der Waals surface area (Å²) in [5, 5.41) is 0. The van der Waals surface area contributed by atoms with Crippen LogP contribution in [0, 0.1) is 0 Å². The van der Waals surface area contributed by atoms with E-state index in [1.54, 1.807) is 0 Å². The molecular formula is C12H30AuBF4P2. The van der Waals surface area contributed by atoms with E-state index in [9.17, 15) is 17.3 Å². The molecule has 0 spiro atoms. The molecule has 8 heteroatoms. The van der Waals surface area contributed by atoms with Crippen molar-refractivity contribution < 1.29 is 39.6 Å². The van der Waals surface area contributed by atoms with E-state index in [1.807, 2.05) is 0 Å². The van der Waals surface area contributed by atoms with Gasteiger partial charge in [0.25, 0.3) is 0 Å². The summed E-state index contributed by atoms with van der Waals surface area (Å²) in [4.78, 5) is 0. The second kappa shape index (κ2) is 20.4. The van der Waals surface area contributed by atoms with Crippen LogP contribution in [0.5, 0.6) is 0 Å². The number of rotatable bonds is 6. The van der Waals surface area contributed by atoms with Gasteiger partial charge in [0.05, 0.1) is 0 Å². The molecule has 0 bridgehead atoms. The first kappa shape index (κ1) is 29.4. The van der Waals surface area contributed by atoms with Crippen molar-refractivity contribution in [1.29, 1.82) is 0 Å². The summed E-state index contributed by atoms with van der Waals surface area (Å²) in [6.07, 6.45) is 8.51. The third-order valence-electron chi connectivity index (χ3n) is 2.68. The van der Waals surface area contributed by atoms with Crippen LogP contribution >= 0.6 is 15.8 Å². The van der Waals surface area contributed by atoms with E-state index in [0.29, 0.717) is 15.8 Å².